The Morgan fingerprint density at radius 2 is 2.50 bits per heavy atom. The molecular weight excluding hydrogens is 180 g/mol. The molecule has 4 nitrogen and oxygen atoms in total. The van der Waals surface area contributed by atoms with Crippen LogP contribution in [0, 0.1) is 0 Å². The Balaban J connectivity index is 2.79. The van der Waals surface area contributed by atoms with E-state index in [4.69, 9.17) is 5.11 Å². The molecule has 0 saturated carbocycles. The number of pyridine rings is 1. The number of nitrogens with zero attached hydrogens (tertiary/aromatic N) is 1. The molecule has 0 aliphatic heterocycles. The maximum absolute atomic E-state index is 10.8. The first-order valence-corrected chi connectivity index (χ1v) is 4.29. The van der Waals surface area contributed by atoms with Gasteiger partial charge in [0.1, 0.15) is 11.4 Å². The number of hydrogen-bond acceptors (Lipinski definition) is 3. The van der Waals surface area contributed by atoms with Crippen LogP contribution in [0.25, 0.3) is 0 Å². The molecule has 2 N–H and O–H groups in total. The van der Waals surface area contributed by atoms with Gasteiger partial charge in [0, 0.05) is 12.7 Å². The van der Waals surface area contributed by atoms with Crippen molar-refractivity contribution in [2.75, 3.05) is 11.9 Å². The Morgan fingerprint density at radius 3 is 3.14 bits per heavy atom. The van der Waals surface area contributed by atoms with E-state index in [-0.39, 0.29) is 5.56 Å². The largest absolute Gasteiger partial charge is 0.478 e. The van der Waals surface area contributed by atoms with Crippen LogP contribution in [0.5, 0.6) is 0 Å². The van der Waals surface area contributed by atoms with Crippen molar-refractivity contribution in [3.63, 3.8) is 0 Å². The van der Waals surface area contributed by atoms with E-state index in [2.05, 4.69) is 10.3 Å². The summed E-state index contributed by atoms with van der Waals surface area (Å²) >= 11 is 0. The number of hydrogen-bond donors (Lipinski definition) is 2. The summed E-state index contributed by atoms with van der Waals surface area (Å²) in [7, 11) is 0. The van der Waals surface area contributed by atoms with Crippen molar-refractivity contribution in [2.45, 2.75) is 6.92 Å². The number of nitrogens with one attached hydrogen (secondary N) is 1. The summed E-state index contributed by atoms with van der Waals surface area (Å²) in [4.78, 5) is 14.7. The molecule has 0 radical (unpaired) electrons. The van der Waals surface area contributed by atoms with E-state index >= 15 is 0 Å². The van der Waals surface area contributed by atoms with Gasteiger partial charge in [0.15, 0.2) is 0 Å². The van der Waals surface area contributed by atoms with Crippen molar-refractivity contribution < 1.29 is 9.90 Å². The van der Waals surface area contributed by atoms with Crippen molar-refractivity contribution in [1.29, 1.82) is 0 Å². The Morgan fingerprint density at radius 1 is 1.71 bits per heavy atom. The topological polar surface area (TPSA) is 62.2 Å². The Hall–Kier alpha value is -1.84. The minimum Gasteiger partial charge on any atom is -0.478 e. The second-order valence-corrected chi connectivity index (χ2v) is 2.65. The van der Waals surface area contributed by atoms with Crippen LogP contribution in [0.3, 0.4) is 0 Å². The van der Waals surface area contributed by atoms with E-state index < -0.39 is 5.97 Å². The van der Waals surface area contributed by atoms with Gasteiger partial charge in [0.2, 0.25) is 0 Å². The summed E-state index contributed by atoms with van der Waals surface area (Å²) in [6.07, 6.45) is 5.33. The minimum absolute atomic E-state index is 0.192. The fourth-order valence-electron chi connectivity index (χ4n) is 0.992. The molecule has 0 fully saturated rings. The lowest BCUT2D eigenvalue weighted by molar-refractivity contribution is 0.0697. The molecule has 0 amide bonds. The zero-order valence-electron chi connectivity index (χ0n) is 7.90. The molecular formula is C10H12N2O2. The molecule has 0 aliphatic rings. The molecule has 0 bridgehead atoms. The third-order valence-electron chi connectivity index (χ3n) is 1.66. The van der Waals surface area contributed by atoms with Crippen LogP contribution in [0.1, 0.15) is 17.3 Å². The summed E-state index contributed by atoms with van der Waals surface area (Å²) in [5.74, 6) is -0.570. The lowest BCUT2D eigenvalue weighted by atomic mass is 10.2. The van der Waals surface area contributed by atoms with Crippen molar-refractivity contribution in [2.24, 2.45) is 0 Å². The van der Waals surface area contributed by atoms with Gasteiger partial charge in [-0.1, -0.05) is 12.2 Å². The van der Waals surface area contributed by atoms with Gasteiger partial charge in [-0.3, -0.25) is 0 Å². The number of allylic oxidation sites excluding steroid dienone is 1. The summed E-state index contributed by atoms with van der Waals surface area (Å²) in [5.41, 5.74) is 0.192. The first-order valence-electron chi connectivity index (χ1n) is 4.29. The van der Waals surface area contributed by atoms with Crippen molar-refractivity contribution in [3.8, 4) is 0 Å². The lowest BCUT2D eigenvalue weighted by Gasteiger charge is -2.04. The molecule has 74 valence electrons. The number of rotatable bonds is 4. The molecule has 0 atom stereocenters. The third-order valence-corrected chi connectivity index (χ3v) is 1.66. The predicted octanol–water partition coefficient (Wildman–Crippen LogP) is 1.77. The molecule has 1 aromatic rings. The van der Waals surface area contributed by atoms with E-state index in [9.17, 15) is 4.79 Å². The number of aromatic nitrogens is 1. The average Bonchev–Trinajstić information content (AvgIpc) is 2.19. The normalized spacial score (nSPS) is 10.4. The number of carboxylic acids is 1. The molecule has 0 saturated heterocycles. The van der Waals surface area contributed by atoms with Gasteiger partial charge in [-0.25, -0.2) is 9.78 Å². The van der Waals surface area contributed by atoms with E-state index in [1.807, 2.05) is 19.1 Å². The van der Waals surface area contributed by atoms with Gasteiger partial charge >= 0.3 is 5.97 Å². The maximum atomic E-state index is 10.8. The van der Waals surface area contributed by atoms with Crippen LogP contribution in [0.2, 0.25) is 0 Å². The van der Waals surface area contributed by atoms with Gasteiger partial charge in [-0.05, 0) is 19.1 Å². The third kappa shape index (κ3) is 2.58. The maximum Gasteiger partial charge on any atom is 0.339 e. The molecule has 1 aromatic heterocycles. The summed E-state index contributed by atoms with van der Waals surface area (Å²) < 4.78 is 0. The highest BCUT2D eigenvalue weighted by molar-refractivity contribution is 5.92. The summed E-state index contributed by atoms with van der Waals surface area (Å²) in [5, 5.41) is 11.7. The quantitative estimate of drug-likeness (QED) is 0.713. The van der Waals surface area contributed by atoms with Crippen LogP contribution >= 0.6 is 0 Å². The summed E-state index contributed by atoms with van der Waals surface area (Å²) in [6.45, 7) is 2.48. The molecule has 0 unspecified atom stereocenters. The number of aromatic carboxylic acids is 1. The van der Waals surface area contributed by atoms with Gasteiger partial charge in [-0.15, -0.1) is 0 Å². The molecule has 1 rings (SSSR count). The standard InChI is InChI=1S/C10H12N2O2/c1-2-3-6-11-9-8(10(13)14)5-4-7-12-9/h2-5,7H,6H2,1H3,(H,11,12)(H,13,14). The highest BCUT2D eigenvalue weighted by Crippen LogP contribution is 2.10. The number of anilines is 1. The van der Waals surface area contributed by atoms with Crippen molar-refractivity contribution in [3.05, 3.63) is 36.0 Å². The Bertz CT molecular complexity index is 348. The molecule has 1 heterocycles. The summed E-state index contributed by atoms with van der Waals surface area (Å²) in [6, 6.07) is 3.12. The monoisotopic (exact) mass is 192 g/mol. The van der Waals surface area contributed by atoms with Crippen molar-refractivity contribution in [1.82, 2.24) is 4.98 Å². The van der Waals surface area contributed by atoms with Crippen LogP contribution in [0.4, 0.5) is 5.82 Å². The molecule has 0 spiro atoms. The van der Waals surface area contributed by atoms with Gasteiger partial charge in [0.25, 0.3) is 0 Å². The van der Waals surface area contributed by atoms with Gasteiger partial charge in [-0.2, -0.15) is 0 Å². The molecule has 14 heavy (non-hydrogen) atoms. The predicted molar refractivity (Wildman–Crippen MR) is 54.5 cm³/mol. The molecule has 0 aliphatic carbocycles. The van der Waals surface area contributed by atoms with Crippen LogP contribution in [0.15, 0.2) is 30.5 Å². The lowest BCUT2D eigenvalue weighted by Crippen LogP contribution is -2.07. The molecule has 4 heteroatoms. The number of carboxylic acid groups (broad SMARTS) is 1. The fourth-order valence-corrected chi connectivity index (χ4v) is 0.992. The Kier molecular flexibility index (Phi) is 3.67. The SMILES string of the molecule is CC=CCNc1ncccc1C(=O)O. The van der Waals surface area contributed by atoms with E-state index in [0.717, 1.165) is 0 Å². The van der Waals surface area contributed by atoms with Gasteiger partial charge < -0.3 is 10.4 Å². The van der Waals surface area contributed by atoms with E-state index in [0.29, 0.717) is 12.4 Å². The zero-order chi connectivity index (χ0) is 10.4. The van der Waals surface area contributed by atoms with E-state index in [1.54, 1.807) is 12.3 Å². The highest BCUT2D eigenvalue weighted by Gasteiger charge is 2.08. The zero-order valence-corrected chi connectivity index (χ0v) is 7.90. The average molecular weight is 192 g/mol. The van der Waals surface area contributed by atoms with Crippen LogP contribution < -0.4 is 5.32 Å². The van der Waals surface area contributed by atoms with Crippen molar-refractivity contribution >= 4 is 11.8 Å². The second kappa shape index (κ2) is 5.01. The highest BCUT2D eigenvalue weighted by atomic mass is 16.4. The number of carbonyl (C=O) groups is 1. The van der Waals surface area contributed by atoms with Gasteiger partial charge in [0.05, 0.1) is 0 Å². The second-order valence-electron chi connectivity index (χ2n) is 2.65. The first-order chi connectivity index (χ1) is 6.75. The van der Waals surface area contributed by atoms with E-state index in [1.165, 1.54) is 6.07 Å². The van der Waals surface area contributed by atoms with Crippen LogP contribution in [-0.4, -0.2) is 22.6 Å². The fraction of sp³-hybridized carbons (Fsp3) is 0.200. The van der Waals surface area contributed by atoms with Crippen LogP contribution in [-0.2, 0) is 0 Å². The Labute approximate surface area is 82.3 Å². The first kappa shape index (κ1) is 10.2. The minimum atomic E-state index is -0.971. The molecule has 0 aromatic carbocycles. The smallest absolute Gasteiger partial charge is 0.339 e.